The topological polar surface area (TPSA) is 79.0 Å². The minimum atomic E-state index is -3.18. The smallest absolute Gasteiger partial charge is 0.317 e. The first-order chi connectivity index (χ1) is 10.8. The van der Waals surface area contributed by atoms with Gasteiger partial charge in [-0.2, -0.15) is 0 Å². The number of urea groups is 1. The van der Waals surface area contributed by atoms with Gasteiger partial charge in [0, 0.05) is 12.6 Å². The molecule has 3 saturated heterocycles. The Balaban J connectivity index is 1.55. The highest BCUT2D eigenvalue weighted by atomic mass is 32.2. The summed E-state index contributed by atoms with van der Waals surface area (Å²) in [5, 5.41) is 2.39. The lowest BCUT2D eigenvalue weighted by molar-refractivity contribution is -0.118. The quantitative estimate of drug-likeness (QED) is 0.783. The molecular formula is C15H27N3O4S. The fraction of sp³-hybridized carbons (Fsp3) is 0.933. The van der Waals surface area contributed by atoms with Crippen LogP contribution >= 0.6 is 0 Å². The van der Waals surface area contributed by atoms with E-state index in [1.165, 1.54) is 0 Å². The maximum Gasteiger partial charge on any atom is 0.317 e. The van der Waals surface area contributed by atoms with Gasteiger partial charge < -0.3 is 19.9 Å². The molecule has 1 N–H and O–H groups in total. The lowest BCUT2D eigenvalue weighted by Crippen LogP contribution is -2.72. The molecule has 8 heteroatoms. The fourth-order valence-electron chi connectivity index (χ4n) is 3.63. The van der Waals surface area contributed by atoms with Gasteiger partial charge in [0.25, 0.3) is 0 Å². The van der Waals surface area contributed by atoms with Gasteiger partial charge in [-0.15, -0.1) is 0 Å². The molecule has 3 fully saturated rings. The van der Waals surface area contributed by atoms with Gasteiger partial charge in [0.1, 0.15) is 5.60 Å². The second-order valence-corrected chi connectivity index (χ2v) is 9.67. The first-order valence-corrected chi connectivity index (χ1v) is 10.1. The van der Waals surface area contributed by atoms with Gasteiger partial charge in [0.05, 0.1) is 30.7 Å². The lowest BCUT2D eigenvalue weighted by atomic mass is 9.96. The zero-order chi connectivity index (χ0) is 16.7. The van der Waals surface area contributed by atoms with Crippen molar-refractivity contribution in [3.05, 3.63) is 0 Å². The van der Waals surface area contributed by atoms with Crippen molar-refractivity contribution in [1.29, 1.82) is 0 Å². The molecule has 0 unspecified atom stereocenters. The summed E-state index contributed by atoms with van der Waals surface area (Å²) >= 11 is 0. The Labute approximate surface area is 138 Å². The molecule has 0 aromatic rings. The third-order valence-corrected chi connectivity index (χ3v) is 7.09. The van der Waals surface area contributed by atoms with E-state index in [1.807, 2.05) is 13.8 Å². The molecule has 7 nitrogen and oxygen atoms in total. The average Bonchev–Trinajstić information content (AvgIpc) is 2.90. The Bertz CT molecular complexity index is 551. The van der Waals surface area contributed by atoms with Crippen LogP contribution in [0.3, 0.4) is 0 Å². The van der Waals surface area contributed by atoms with Crippen LogP contribution in [0.2, 0.25) is 0 Å². The van der Waals surface area contributed by atoms with E-state index in [1.54, 1.807) is 4.90 Å². The second kappa shape index (κ2) is 6.22. The SMILES string of the molecule is CC(C)NC(=O)N1CC2(C1)CS(=O)(=O)[C@@H](CN1CCCC1)CO2. The van der Waals surface area contributed by atoms with Crippen molar-refractivity contribution < 1.29 is 17.9 Å². The van der Waals surface area contributed by atoms with Crippen LogP contribution in [0.5, 0.6) is 0 Å². The number of hydrogen-bond donors (Lipinski definition) is 1. The molecule has 0 radical (unpaired) electrons. The Kier molecular flexibility index (Phi) is 4.59. The van der Waals surface area contributed by atoms with Crippen LogP contribution in [0, 0.1) is 0 Å². The summed E-state index contributed by atoms with van der Waals surface area (Å²) in [7, 11) is -3.18. The van der Waals surface area contributed by atoms with Crippen LogP contribution in [0.15, 0.2) is 0 Å². The molecule has 3 heterocycles. The number of likely N-dealkylation sites (tertiary alicyclic amines) is 2. The standard InChI is InChI=1S/C15H27N3O4S/c1-12(2)16-14(19)18-9-15(10-18)11-23(20,21)13(8-22-15)7-17-5-3-4-6-17/h12-13H,3-11H2,1-2H3,(H,16,19)/t13-/m0/s1. The summed E-state index contributed by atoms with van der Waals surface area (Å²) < 4.78 is 31.1. The van der Waals surface area contributed by atoms with Crippen molar-refractivity contribution in [1.82, 2.24) is 15.1 Å². The summed E-state index contributed by atoms with van der Waals surface area (Å²) in [5.41, 5.74) is -0.686. The number of amides is 2. The molecular weight excluding hydrogens is 318 g/mol. The molecule has 2 amide bonds. The lowest BCUT2D eigenvalue weighted by Gasteiger charge is -2.52. The van der Waals surface area contributed by atoms with E-state index in [-0.39, 0.29) is 24.4 Å². The molecule has 3 rings (SSSR count). The zero-order valence-electron chi connectivity index (χ0n) is 14.0. The molecule has 3 aliphatic rings. The number of carbonyl (C=O) groups excluding carboxylic acids is 1. The van der Waals surface area contributed by atoms with Crippen molar-refractivity contribution in [3.63, 3.8) is 0 Å². The van der Waals surface area contributed by atoms with E-state index in [0.29, 0.717) is 19.6 Å². The number of sulfone groups is 1. The Hall–Kier alpha value is -0.860. The molecule has 0 bridgehead atoms. The van der Waals surface area contributed by atoms with E-state index >= 15 is 0 Å². The number of ether oxygens (including phenoxy) is 1. The normalized spacial score (nSPS) is 29.7. The highest BCUT2D eigenvalue weighted by Gasteiger charge is 2.54. The monoisotopic (exact) mass is 345 g/mol. The first-order valence-electron chi connectivity index (χ1n) is 8.43. The number of nitrogens with zero attached hydrogens (tertiary/aromatic N) is 2. The number of carbonyl (C=O) groups is 1. The van der Waals surface area contributed by atoms with E-state index in [2.05, 4.69) is 10.2 Å². The average molecular weight is 345 g/mol. The number of rotatable bonds is 3. The van der Waals surface area contributed by atoms with Crippen molar-refractivity contribution in [2.45, 2.75) is 43.6 Å². The highest BCUT2D eigenvalue weighted by Crippen LogP contribution is 2.33. The Morgan fingerprint density at radius 2 is 1.96 bits per heavy atom. The van der Waals surface area contributed by atoms with Gasteiger partial charge in [-0.05, 0) is 39.8 Å². The highest BCUT2D eigenvalue weighted by molar-refractivity contribution is 7.92. The number of hydrogen-bond acceptors (Lipinski definition) is 5. The van der Waals surface area contributed by atoms with Crippen molar-refractivity contribution in [2.24, 2.45) is 0 Å². The molecule has 0 aromatic heterocycles. The Morgan fingerprint density at radius 3 is 2.52 bits per heavy atom. The predicted molar refractivity (Wildman–Crippen MR) is 87.2 cm³/mol. The minimum absolute atomic E-state index is 0.0317. The van der Waals surface area contributed by atoms with Crippen LogP contribution in [-0.4, -0.2) is 86.2 Å². The molecule has 0 aromatic carbocycles. The molecule has 1 atom stereocenters. The van der Waals surface area contributed by atoms with Crippen LogP contribution in [0.4, 0.5) is 4.79 Å². The first kappa shape index (κ1) is 17.0. The van der Waals surface area contributed by atoms with E-state index < -0.39 is 20.7 Å². The van der Waals surface area contributed by atoms with Gasteiger partial charge in [0.15, 0.2) is 9.84 Å². The van der Waals surface area contributed by atoms with Crippen molar-refractivity contribution in [2.75, 3.05) is 45.1 Å². The Morgan fingerprint density at radius 1 is 1.30 bits per heavy atom. The van der Waals surface area contributed by atoms with Gasteiger partial charge in [0.2, 0.25) is 0 Å². The van der Waals surface area contributed by atoms with E-state index in [4.69, 9.17) is 4.74 Å². The van der Waals surface area contributed by atoms with Gasteiger partial charge in [-0.25, -0.2) is 13.2 Å². The van der Waals surface area contributed by atoms with Crippen LogP contribution in [-0.2, 0) is 14.6 Å². The summed E-state index contributed by atoms with van der Waals surface area (Å²) in [6, 6.07) is -0.0780. The number of nitrogens with one attached hydrogen (secondary N) is 1. The summed E-state index contributed by atoms with van der Waals surface area (Å²) in [4.78, 5) is 15.8. The fourth-order valence-corrected chi connectivity index (χ4v) is 5.58. The minimum Gasteiger partial charge on any atom is -0.369 e. The van der Waals surface area contributed by atoms with Gasteiger partial charge >= 0.3 is 6.03 Å². The third kappa shape index (κ3) is 3.64. The molecule has 3 aliphatic heterocycles. The van der Waals surface area contributed by atoms with Crippen molar-refractivity contribution in [3.8, 4) is 0 Å². The van der Waals surface area contributed by atoms with Gasteiger partial charge in [-0.1, -0.05) is 0 Å². The molecule has 1 spiro atoms. The van der Waals surface area contributed by atoms with E-state index in [9.17, 15) is 13.2 Å². The molecule has 23 heavy (non-hydrogen) atoms. The summed E-state index contributed by atoms with van der Waals surface area (Å²) in [6.07, 6.45) is 2.30. The summed E-state index contributed by atoms with van der Waals surface area (Å²) in [5.74, 6) is 0.0317. The second-order valence-electron chi connectivity index (χ2n) is 7.39. The van der Waals surface area contributed by atoms with Crippen molar-refractivity contribution >= 4 is 15.9 Å². The largest absolute Gasteiger partial charge is 0.369 e. The zero-order valence-corrected chi connectivity index (χ0v) is 14.8. The van der Waals surface area contributed by atoms with E-state index in [0.717, 1.165) is 25.9 Å². The molecule has 0 aliphatic carbocycles. The summed E-state index contributed by atoms with van der Waals surface area (Å²) in [6.45, 7) is 7.33. The van der Waals surface area contributed by atoms with Crippen LogP contribution < -0.4 is 5.32 Å². The maximum absolute atomic E-state index is 12.6. The molecule has 132 valence electrons. The molecule has 0 saturated carbocycles. The van der Waals surface area contributed by atoms with Gasteiger partial charge in [-0.3, -0.25) is 0 Å². The predicted octanol–water partition coefficient (Wildman–Crippen LogP) is 0.0682. The third-order valence-electron chi connectivity index (χ3n) is 4.87. The van der Waals surface area contributed by atoms with Crippen LogP contribution in [0.1, 0.15) is 26.7 Å². The maximum atomic E-state index is 12.6. The van der Waals surface area contributed by atoms with Crippen LogP contribution in [0.25, 0.3) is 0 Å².